The Hall–Kier alpha value is -4.45. The fourth-order valence-corrected chi connectivity index (χ4v) is 6.27. The van der Waals surface area contributed by atoms with E-state index < -0.39 is 5.92 Å². The molecule has 11 heteroatoms. The first-order valence-electron chi connectivity index (χ1n) is 11.8. The van der Waals surface area contributed by atoms with Gasteiger partial charge in [-0.15, -0.1) is 10.2 Å². The van der Waals surface area contributed by atoms with Crippen LogP contribution in [0, 0.1) is 22.7 Å². The molecule has 2 aliphatic rings. The van der Waals surface area contributed by atoms with E-state index in [0.29, 0.717) is 51.1 Å². The lowest BCUT2D eigenvalue weighted by molar-refractivity contribution is -0.116. The van der Waals surface area contributed by atoms with Crippen molar-refractivity contribution in [2.45, 2.75) is 29.5 Å². The number of hydrogen-bond donors (Lipinski definition) is 2. The van der Waals surface area contributed by atoms with Gasteiger partial charge in [0.25, 0.3) is 0 Å². The molecule has 9 nitrogen and oxygen atoms in total. The highest BCUT2D eigenvalue weighted by Crippen LogP contribution is 2.47. The van der Waals surface area contributed by atoms with Crippen LogP contribution in [0.3, 0.4) is 0 Å². The fraction of sp³-hybridized carbons (Fsp3) is 0.185. The Labute approximate surface area is 227 Å². The Morgan fingerprint density at radius 3 is 2.58 bits per heavy atom. The maximum Gasteiger partial charge on any atom is 0.234 e. The van der Waals surface area contributed by atoms with E-state index in [4.69, 9.17) is 11.0 Å². The zero-order valence-corrected chi connectivity index (χ0v) is 21.7. The van der Waals surface area contributed by atoms with Gasteiger partial charge < -0.3 is 11.1 Å². The Balaban J connectivity index is 1.39. The summed E-state index contributed by atoms with van der Waals surface area (Å²) in [6.07, 6.45) is 1.72. The summed E-state index contributed by atoms with van der Waals surface area (Å²) in [7, 11) is 0. The number of carbonyl (C=O) groups excluding carboxylic acids is 2. The van der Waals surface area contributed by atoms with E-state index in [1.54, 1.807) is 29.2 Å². The Morgan fingerprint density at radius 2 is 1.87 bits per heavy atom. The molecule has 0 saturated carbocycles. The molecule has 1 unspecified atom stereocenters. The molecular weight excluding hydrogens is 518 g/mol. The average molecular weight is 540 g/mol. The lowest BCUT2D eigenvalue weighted by Crippen LogP contribution is -2.38. The molecule has 0 bridgehead atoms. The summed E-state index contributed by atoms with van der Waals surface area (Å²) in [5.41, 5.74) is 10.2. The number of allylic oxidation sites excluding steroid dienone is 3. The third-order valence-corrected chi connectivity index (χ3v) is 8.30. The van der Waals surface area contributed by atoms with Gasteiger partial charge in [0.15, 0.2) is 10.1 Å². The number of nitrogens with one attached hydrogen (secondary N) is 1. The molecule has 0 fully saturated rings. The largest absolute Gasteiger partial charge is 0.384 e. The number of nitriles is 2. The Bertz CT molecular complexity index is 1550. The predicted octanol–water partition coefficient (Wildman–Crippen LogP) is 4.45. The summed E-state index contributed by atoms with van der Waals surface area (Å²) >= 11 is 2.47. The minimum absolute atomic E-state index is 0.00365. The van der Waals surface area contributed by atoms with Crippen LogP contribution >= 0.6 is 23.1 Å². The molecular formula is C27H21N7O2S2. The maximum absolute atomic E-state index is 13.2. The number of ketones is 1. The summed E-state index contributed by atoms with van der Waals surface area (Å²) in [6.45, 7) is 0. The zero-order valence-electron chi connectivity index (χ0n) is 20.0. The van der Waals surface area contributed by atoms with Gasteiger partial charge in [-0.25, -0.2) is 0 Å². The third kappa shape index (κ3) is 4.90. The van der Waals surface area contributed by atoms with Crippen LogP contribution in [0.2, 0.25) is 0 Å². The summed E-state index contributed by atoms with van der Waals surface area (Å²) in [4.78, 5) is 27.3. The van der Waals surface area contributed by atoms with Gasteiger partial charge in [-0.1, -0.05) is 53.4 Å². The summed E-state index contributed by atoms with van der Waals surface area (Å²) in [6, 6.07) is 20.3. The minimum atomic E-state index is -0.520. The van der Waals surface area contributed by atoms with Crippen molar-refractivity contribution in [2.75, 3.05) is 16.0 Å². The van der Waals surface area contributed by atoms with E-state index in [1.807, 2.05) is 36.4 Å². The molecule has 1 aliphatic heterocycles. The molecule has 0 radical (unpaired) electrons. The van der Waals surface area contributed by atoms with Gasteiger partial charge in [0.2, 0.25) is 11.0 Å². The van der Waals surface area contributed by atoms with Crippen LogP contribution < -0.4 is 16.0 Å². The number of nitrogens with two attached hydrogens (primary N) is 1. The monoisotopic (exact) mass is 539 g/mol. The van der Waals surface area contributed by atoms with Gasteiger partial charge in [-0.3, -0.25) is 14.5 Å². The first kappa shape index (κ1) is 25.2. The quantitative estimate of drug-likeness (QED) is 0.433. The number of amides is 1. The van der Waals surface area contributed by atoms with E-state index in [1.165, 1.54) is 23.1 Å². The molecule has 0 spiro atoms. The van der Waals surface area contributed by atoms with Gasteiger partial charge in [-0.2, -0.15) is 10.5 Å². The molecule has 3 N–H and O–H groups in total. The Morgan fingerprint density at radius 1 is 1.11 bits per heavy atom. The second-order valence-corrected chi connectivity index (χ2v) is 10.8. The summed E-state index contributed by atoms with van der Waals surface area (Å²) < 4.78 is 0.552. The number of hydrogen-bond acceptors (Lipinski definition) is 10. The zero-order chi connectivity index (χ0) is 26.6. The number of anilines is 2. The van der Waals surface area contributed by atoms with Crippen molar-refractivity contribution in [3.05, 3.63) is 88.4 Å². The van der Waals surface area contributed by atoms with Crippen LogP contribution in [0.1, 0.15) is 36.3 Å². The van der Waals surface area contributed by atoms with E-state index in [0.717, 1.165) is 11.3 Å². The molecule has 2 heterocycles. The number of thioether (sulfide) groups is 1. The van der Waals surface area contributed by atoms with Crippen LogP contribution in [-0.4, -0.2) is 27.6 Å². The Kier molecular flexibility index (Phi) is 7.22. The van der Waals surface area contributed by atoms with Crippen molar-refractivity contribution >= 4 is 45.6 Å². The lowest BCUT2D eigenvalue weighted by Gasteiger charge is -2.38. The number of nitrogens with zero attached hydrogens (tertiary/aromatic N) is 5. The van der Waals surface area contributed by atoms with Crippen molar-refractivity contribution in [3.8, 4) is 12.1 Å². The van der Waals surface area contributed by atoms with E-state index in [9.17, 15) is 14.9 Å². The SMILES string of the molecule is N#CC1=C(N)N(c2nnc(SCC(=O)Nc3ccc(C#N)cc3)s2)C2=C(C(=O)CCC2)C1c1ccccc1. The highest BCUT2D eigenvalue weighted by Gasteiger charge is 2.41. The molecule has 0 saturated heterocycles. The van der Waals surface area contributed by atoms with Gasteiger partial charge in [-0.05, 0) is 42.7 Å². The molecule has 3 aromatic rings. The predicted molar refractivity (Wildman–Crippen MR) is 145 cm³/mol. The van der Waals surface area contributed by atoms with E-state index in [2.05, 4.69) is 21.6 Å². The smallest absolute Gasteiger partial charge is 0.234 e. The molecule has 1 aliphatic carbocycles. The van der Waals surface area contributed by atoms with Crippen LogP contribution in [0.4, 0.5) is 10.8 Å². The van der Waals surface area contributed by atoms with Crippen molar-refractivity contribution in [1.82, 2.24) is 10.2 Å². The van der Waals surface area contributed by atoms with Gasteiger partial charge in [0.05, 0.1) is 34.9 Å². The third-order valence-electron chi connectivity index (χ3n) is 6.26. The molecule has 38 heavy (non-hydrogen) atoms. The van der Waals surface area contributed by atoms with Crippen LogP contribution in [0.15, 0.2) is 81.6 Å². The molecule has 1 atom stereocenters. The first-order valence-corrected chi connectivity index (χ1v) is 13.6. The van der Waals surface area contributed by atoms with Crippen LogP contribution in [-0.2, 0) is 9.59 Å². The second-order valence-electron chi connectivity index (χ2n) is 8.60. The first-order chi connectivity index (χ1) is 18.5. The van der Waals surface area contributed by atoms with Crippen molar-refractivity contribution < 1.29 is 9.59 Å². The van der Waals surface area contributed by atoms with Gasteiger partial charge in [0.1, 0.15) is 5.82 Å². The normalized spacial score (nSPS) is 17.1. The summed E-state index contributed by atoms with van der Waals surface area (Å²) in [5.74, 6) is -0.404. The van der Waals surface area contributed by atoms with Crippen molar-refractivity contribution in [2.24, 2.45) is 5.73 Å². The van der Waals surface area contributed by atoms with Crippen LogP contribution in [0.5, 0.6) is 0 Å². The van der Waals surface area contributed by atoms with Gasteiger partial charge in [0, 0.05) is 23.4 Å². The number of rotatable bonds is 6. The number of aromatic nitrogens is 2. The lowest BCUT2D eigenvalue weighted by atomic mass is 9.76. The number of Topliss-reactive ketones (excluding diaryl/α,β-unsaturated/α-hetero) is 1. The molecule has 2 aromatic carbocycles. The topological polar surface area (TPSA) is 149 Å². The summed E-state index contributed by atoms with van der Waals surface area (Å²) in [5, 5.41) is 30.7. The van der Waals surface area contributed by atoms with Crippen LogP contribution in [0.25, 0.3) is 0 Å². The minimum Gasteiger partial charge on any atom is -0.384 e. The van der Waals surface area contributed by atoms with E-state index >= 15 is 0 Å². The van der Waals surface area contributed by atoms with Crippen molar-refractivity contribution in [1.29, 1.82) is 10.5 Å². The average Bonchev–Trinajstić information content (AvgIpc) is 3.41. The molecule has 1 amide bonds. The fourth-order valence-electron chi connectivity index (χ4n) is 4.59. The standard InChI is InChI=1S/C27H21N7O2S2/c28-13-16-9-11-18(12-10-16)31-22(36)15-37-27-33-32-26(38-27)34-20-7-4-8-21(35)24(20)23(19(14-29)25(34)30)17-5-2-1-3-6-17/h1-3,5-6,9-12,23H,4,7-8,15,30H2,(H,31,36). The number of benzene rings is 2. The van der Waals surface area contributed by atoms with Gasteiger partial charge >= 0.3 is 0 Å². The molecule has 5 rings (SSSR count). The van der Waals surface area contributed by atoms with E-state index in [-0.39, 0.29) is 23.3 Å². The molecule has 188 valence electrons. The van der Waals surface area contributed by atoms with Crippen molar-refractivity contribution in [3.63, 3.8) is 0 Å². The molecule has 1 aromatic heterocycles. The maximum atomic E-state index is 13.2. The highest BCUT2D eigenvalue weighted by molar-refractivity contribution is 8.01. The number of carbonyl (C=O) groups is 2. The second kappa shape index (κ2) is 10.9. The highest BCUT2D eigenvalue weighted by atomic mass is 32.2.